The Balaban J connectivity index is 1.67. The maximum Gasteiger partial charge on any atom is 0.338 e. The van der Waals surface area contributed by atoms with Gasteiger partial charge in [-0.1, -0.05) is 86.5 Å². The number of ether oxygens (including phenoxy) is 1. The largest absolute Gasteiger partial charge is 0.465 e. The third-order valence-electron chi connectivity index (χ3n) is 6.80. The molecule has 8 nitrogen and oxygen atoms in total. The topological polar surface area (TPSA) is 124 Å². The monoisotopic (exact) mass is 497 g/mol. The van der Waals surface area contributed by atoms with Gasteiger partial charge in [0.1, 0.15) is 0 Å². The Morgan fingerprint density at radius 1 is 0.946 bits per heavy atom. The second-order valence-electron chi connectivity index (χ2n) is 9.23. The summed E-state index contributed by atoms with van der Waals surface area (Å²) in [6.07, 6.45) is 3.22. The van der Waals surface area contributed by atoms with E-state index in [9.17, 15) is 9.59 Å². The lowest BCUT2D eigenvalue weighted by atomic mass is 9.71. The number of tetrazole rings is 1. The van der Waals surface area contributed by atoms with Crippen LogP contribution in [0.1, 0.15) is 47.7 Å². The van der Waals surface area contributed by atoms with Crippen LogP contribution in [0.4, 0.5) is 0 Å². The van der Waals surface area contributed by atoms with Crippen LogP contribution in [0.25, 0.3) is 22.5 Å². The van der Waals surface area contributed by atoms with E-state index in [0.29, 0.717) is 30.7 Å². The summed E-state index contributed by atoms with van der Waals surface area (Å²) in [7, 11) is 1.36. The molecule has 1 heterocycles. The molecule has 0 saturated heterocycles. The first-order valence-electron chi connectivity index (χ1n) is 12.4. The second kappa shape index (κ2) is 11.6. The molecule has 37 heavy (non-hydrogen) atoms. The van der Waals surface area contributed by atoms with Gasteiger partial charge in [-0.3, -0.25) is 4.79 Å². The molecule has 4 rings (SSSR count). The predicted molar refractivity (Wildman–Crippen MR) is 141 cm³/mol. The number of methoxy groups -OCH3 is 1. The van der Waals surface area contributed by atoms with Crippen molar-refractivity contribution in [1.82, 2.24) is 20.6 Å². The molecule has 0 radical (unpaired) electrons. The number of nitrogens with zero attached hydrogens (tertiary/aromatic N) is 3. The predicted octanol–water partition coefficient (Wildman–Crippen LogP) is 4.77. The van der Waals surface area contributed by atoms with Gasteiger partial charge in [0.2, 0.25) is 11.7 Å². The molecule has 3 aromatic carbocycles. The van der Waals surface area contributed by atoms with Gasteiger partial charge in [0, 0.05) is 5.56 Å². The highest BCUT2D eigenvalue weighted by Crippen LogP contribution is 2.36. The lowest BCUT2D eigenvalue weighted by molar-refractivity contribution is -0.128. The highest BCUT2D eigenvalue weighted by molar-refractivity contribution is 5.91. The van der Waals surface area contributed by atoms with Gasteiger partial charge >= 0.3 is 5.97 Å². The molecular weight excluding hydrogens is 466 g/mol. The van der Waals surface area contributed by atoms with Crippen molar-refractivity contribution < 1.29 is 14.3 Å². The Bertz CT molecular complexity index is 1350. The van der Waals surface area contributed by atoms with Crippen LogP contribution >= 0.6 is 0 Å². The number of benzene rings is 3. The van der Waals surface area contributed by atoms with Crippen LogP contribution in [-0.2, 0) is 22.4 Å². The molecule has 1 aromatic heterocycles. The number of nitrogens with one attached hydrogen (secondary N) is 1. The van der Waals surface area contributed by atoms with E-state index in [1.165, 1.54) is 7.11 Å². The number of hydrogen-bond donors (Lipinski definition) is 2. The van der Waals surface area contributed by atoms with Gasteiger partial charge in [-0.15, -0.1) is 10.2 Å². The number of nitrogens with two attached hydrogens (primary N) is 1. The van der Waals surface area contributed by atoms with Gasteiger partial charge in [-0.2, -0.15) is 5.21 Å². The zero-order valence-corrected chi connectivity index (χ0v) is 21.1. The molecule has 1 amide bonds. The number of amides is 1. The van der Waals surface area contributed by atoms with E-state index < -0.39 is 11.4 Å². The molecule has 3 N–H and O–H groups in total. The molecule has 190 valence electrons. The zero-order valence-electron chi connectivity index (χ0n) is 21.1. The molecule has 0 fully saturated rings. The van der Waals surface area contributed by atoms with E-state index in [-0.39, 0.29) is 5.91 Å². The van der Waals surface area contributed by atoms with Gasteiger partial charge in [-0.25, -0.2) is 4.79 Å². The molecule has 1 unspecified atom stereocenters. The Kier molecular flexibility index (Phi) is 8.08. The number of hydrogen-bond acceptors (Lipinski definition) is 6. The lowest BCUT2D eigenvalue weighted by Crippen LogP contribution is -2.41. The van der Waals surface area contributed by atoms with Gasteiger partial charge in [0.05, 0.1) is 18.1 Å². The Morgan fingerprint density at radius 2 is 1.65 bits per heavy atom. The maximum atomic E-state index is 13.0. The molecule has 0 aliphatic carbocycles. The number of primary amides is 1. The van der Waals surface area contributed by atoms with Gasteiger partial charge in [0.25, 0.3) is 0 Å². The summed E-state index contributed by atoms with van der Waals surface area (Å²) in [5.41, 5.74) is 10.3. The molecule has 8 heteroatoms. The number of carbonyl (C=O) groups excluding carboxylic acids is 2. The zero-order chi connectivity index (χ0) is 26.3. The van der Waals surface area contributed by atoms with Crippen LogP contribution in [0.15, 0.2) is 72.8 Å². The third-order valence-corrected chi connectivity index (χ3v) is 6.80. The van der Waals surface area contributed by atoms with E-state index in [4.69, 9.17) is 10.5 Å². The SMILES string of the molecule is CCCCC(Cc1ccc(-c2ccccc2-c2nn[nH]n2)cc1)(Cc1ccccc1C(=O)OC)C(N)=O. The van der Waals surface area contributed by atoms with E-state index in [1.807, 2.05) is 60.7 Å². The summed E-state index contributed by atoms with van der Waals surface area (Å²) in [6, 6.07) is 23.2. The van der Waals surface area contributed by atoms with Crippen LogP contribution in [-0.4, -0.2) is 39.6 Å². The van der Waals surface area contributed by atoms with Crippen LogP contribution in [0, 0.1) is 5.41 Å². The van der Waals surface area contributed by atoms with Crippen molar-refractivity contribution in [2.45, 2.75) is 39.0 Å². The molecule has 4 aromatic rings. The fraction of sp³-hybridized carbons (Fsp3) is 0.276. The smallest absolute Gasteiger partial charge is 0.338 e. The molecular formula is C29H31N5O3. The summed E-state index contributed by atoms with van der Waals surface area (Å²) in [5, 5.41) is 14.4. The summed E-state index contributed by atoms with van der Waals surface area (Å²) in [5.74, 6) is -0.266. The Labute approximate surface area is 216 Å². The first-order chi connectivity index (χ1) is 18.0. The minimum atomic E-state index is -0.843. The number of aromatic amines is 1. The normalized spacial score (nSPS) is 12.6. The van der Waals surface area contributed by atoms with Crippen molar-refractivity contribution in [3.63, 3.8) is 0 Å². The quantitative estimate of drug-likeness (QED) is 0.288. The highest BCUT2D eigenvalue weighted by atomic mass is 16.5. The first-order valence-corrected chi connectivity index (χ1v) is 12.4. The summed E-state index contributed by atoms with van der Waals surface area (Å²) in [6.45, 7) is 2.09. The summed E-state index contributed by atoms with van der Waals surface area (Å²) in [4.78, 5) is 25.4. The number of unbranched alkanes of at least 4 members (excludes halogenated alkanes) is 1. The molecule has 1 atom stereocenters. The van der Waals surface area contributed by atoms with Gasteiger partial charge in [-0.05, 0) is 52.8 Å². The highest BCUT2D eigenvalue weighted by Gasteiger charge is 2.37. The number of rotatable bonds is 11. The maximum absolute atomic E-state index is 13.0. The van der Waals surface area contributed by atoms with Gasteiger partial charge < -0.3 is 10.5 Å². The molecule has 0 aliphatic heterocycles. The fourth-order valence-electron chi connectivity index (χ4n) is 4.80. The van der Waals surface area contributed by atoms with Crippen LogP contribution < -0.4 is 5.73 Å². The minimum absolute atomic E-state index is 0.357. The number of carbonyl (C=O) groups is 2. The average Bonchev–Trinajstić information content (AvgIpc) is 3.47. The van der Waals surface area contributed by atoms with Crippen LogP contribution in [0.3, 0.4) is 0 Å². The summed E-state index contributed by atoms with van der Waals surface area (Å²) < 4.78 is 4.97. The fourth-order valence-corrected chi connectivity index (χ4v) is 4.80. The molecule has 0 spiro atoms. The molecule has 0 bridgehead atoms. The number of esters is 1. The Morgan fingerprint density at radius 3 is 2.30 bits per heavy atom. The van der Waals surface area contributed by atoms with Crippen molar-refractivity contribution in [1.29, 1.82) is 0 Å². The third kappa shape index (κ3) is 5.74. The number of H-pyrrole nitrogens is 1. The number of aromatic nitrogens is 4. The van der Waals surface area contributed by atoms with E-state index in [0.717, 1.165) is 40.7 Å². The van der Waals surface area contributed by atoms with Crippen molar-refractivity contribution >= 4 is 11.9 Å². The van der Waals surface area contributed by atoms with E-state index in [1.54, 1.807) is 12.1 Å². The minimum Gasteiger partial charge on any atom is -0.465 e. The van der Waals surface area contributed by atoms with Crippen molar-refractivity contribution in [3.8, 4) is 22.5 Å². The van der Waals surface area contributed by atoms with Crippen molar-refractivity contribution in [2.24, 2.45) is 11.1 Å². The molecule has 0 saturated carbocycles. The lowest BCUT2D eigenvalue weighted by Gasteiger charge is -2.32. The van der Waals surface area contributed by atoms with Crippen LogP contribution in [0.2, 0.25) is 0 Å². The van der Waals surface area contributed by atoms with Crippen molar-refractivity contribution in [2.75, 3.05) is 7.11 Å². The Hall–Kier alpha value is -4.33. The van der Waals surface area contributed by atoms with Crippen molar-refractivity contribution in [3.05, 3.63) is 89.5 Å². The molecule has 0 aliphatic rings. The second-order valence-corrected chi connectivity index (χ2v) is 9.23. The van der Waals surface area contributed by atoms with Gasteiger partial charge in [0.15, 0.2) is 0 Å². The van der Waals surface area contributed by atoms with E-state index >= 15 is 0 Å². The van der Waals surface area contributed by atoms with E-state index in [2.05, 4.69) is 27.5 Å². The van der Waals surface area contributed by atoms with Crippen LogP contribution in [0.5, 0.6) is 0 Å². The summed E-state index contributed by atoms with van der Waals surface area (Å²) >= 11 is 0. The standard InChI is InChI=1S/C29H31N5O3/c1-3-4-17-29(28(30)36,19-22-9-5-6-11-24(22)27(35)37-2)18-20-13-15-21(16-14-20)23-10-7-8-12-25(23)26-31-33-34-32-26/h5-16H,3-4,17-19H2,1-2H3,(H2,30,36)(H,31,32,33,34). The average molecular weight is 498 g/mol. The first kappa shape index (κ1) is 25.8.